The Balaban J connectivity index is 1.92. The zero-order valence-corrected chi connectivity index (χ0v) is 12.2. The summed E-state index contributed by atoms with van der Waals surface area (Å²) in [7, 11) is -3.13. The van der Waals surface area contributed by atoms with Gasteiger partial charge in [0.05, 0.1) is 11.4 Å². The lowest BCUT2D eigenvalue weighted by Crippen LogP contribution is -2.29. The number of aryl methyl sites for hydroxylation is 1. The van der Waals surface area contributed by atoms with Gasteiger partial charge in [0.1, 0.15) is 5.65 Å². The molecular formula is C12H20N4O2S. The summed E-state index contributed by atoms with van der Waals surface area (Å²) in [5, 5.41) is 4.29. The maximum atomic E-state index is 11.6. The van der Waals surface area contributed by atoms with Crippen molar-refractivity contribution in [2.75, 3.05) is 12.3 Å². The number of nitrogens with one attached hydrogen (secondary N) is 1. The molecule has 19 heavy (non-hydrogen) atoms. The average molecular weight is 284 g/mol. The van der Waals surface area contributed by atoms with E-state index in [-0.39, 0.29) is 5.75 Å². The van der Waals surface area contributed by atoms with E-state index in [9.17, 15) is 8.42 Å². The molecule has 1 N–H and O–H groups in total. The fourth-order valence-corrected chi connectivity index (χ4v) is 3.18. The van der Waals surface area contributed by atoms with Crippen LogP contribution in [-0.4, -0.2) is 34.9 Å². The Morgan fingerprint density at radius 3 is 2.89 bits per heavy atom. The van der Waals surface area contributed by atoms with Crippen LogP contribution in [0.5, 0.6) is 0 Å². The Morgan fingerprint density at radius 1 is 1.37 bits per heavy atom. The van der Waals surface area contributed by atoms with Crippen LogP contribution in [0.25, 0.3) is 5.65 Å². The van der Waals surface area contributed by atoms with Gasteiger partial charge in [-0.3, -0.25) is 0 Å². The van der Waals surface area contributed by atoms with E-state index in [1.54, 1.807) is 4.52 Å². The van der Waals surface area contributed by atoms with Crippen LogP contribution in [-0.2, 0) is 16.6 Å². The molecule has 0 saturated carbocycles. The highest BCUT2D eigenvalue weighted by atomic mass is 32.2. The number of imidazole rings is 1. The largest absolute Gasteiger partial charge is 0.330 e. The van der Waals surface area contributed by atoms with Crippen molar-refractivity contribution in [1.29, 1.82) is 0 Å². The fourth-order valence-electron chi connectivity index (χ4n) is 1.96. The van der Waals surface area contributed by atoms with Gasteiger partial charge < -0.3 is 4.57 Å². The molecule has 0 aromatic carbocycles. The Hall–Kier alpha value is -1.34. The van der Waals surface area contributed by atoms with E-state index in [0.717, 1.165) is 17.8 Å². The van der Waals surface area contributed by atoms with Gasteiger partial charge in [-0.2, -0.15) is 5.10 Å². The van der Waals surface area contributed by atoms with Crippen molar-refractivity contribution in [1.82, 2.24) is 18.9 Å². The number of hydrogen-bond acceptors (Lipinski definition) is 3. The summed E-state index contributed by atoms with van der Waals surface area (Å²) < 4.78 is 29.7. The molecule has 0 aliphatic rings. The minimum Gasteiger partial charge on any atom is -0.330 e. The molecule has 0 fully saturated rings. The van der Waals surface area contributed by atoms with Gasteiger partial charge in [0.2, 0.25) is 10.0 Å². The Morgan fingerprint density at radius 2 is 2.16 bits per heavy atom. The number of hydrogen-bond donors (Lipinski definition) is 1. The van der Waals surface area contributed by atoms with Crippen LogP contribution in [0.3, 0.4) is 0 Å². The van der Waals surface area contributed by atoms with E-state index in [1.807, 2.05) is 36.9 Å². The highest BCUT2D eigenvalue weighted by Gasteiger charge is 2.09. The topological polar surface area (TPSA) is 68.4 Å². The first-order valence-corrected chi connectivity index (χ1v) is 8.15. The van der Waals surface area contributed by atoms with E-state index < -0.39 is 10.0 Å². The second-order valence-corrected chi connectivity index (χ2v) is 6.57. The standard InChI is InChI=1S/C12H20N4O2S/c1-3-4-9-19(17,18)13-5-6-15-7-8-16-12(15)10-11(2)14-16/h7-8,10,13H,3-6,9H2,1-2H3. The van der Waals surface area contributed by atoms with Gasteiger partial charge in [-0.25, -0.2) is 17.7 Å². The molecule has 0 aliphatic carbocycles. The quantitative estimate of drug-likeness (QED) is 0.829. The molecule has 0 atom stereocenters. The molecule has 0 unspecified atom stereocenters. The molecule has 2 aromatic heterocycles. The molecule has 106 valence electrons. The summed E-state index contributed by atoms with van der Waals surface area (Å²) in [6, 6.07) is 1.98. The number of fused-ring (bicyclic) bond motifs is 1. The zero-order chi connectivity index (χ0) is 13.9. The smallest absolute Gasteiger partial charge is 0.211 e. The summed E-state index contributed by atoms with van der Waals surface area (Å²) >= 11 is 0. The van der Waals surface area contributed by atoms with Gasteiger partial charge in [-0.1, -0.05) is 13.3 Å². The highest BCUT2D eigenvalue weighted by Crippen LogP contribution is 2.06. The molecule has 6 nitrogen and oxygen atoms in total. The number of nitrogens with zero attached hydrogens (tertiary/aromatic N) is 3. The second kappa shape index (κ2) is 5.75. The SMILES string of the molecule is CCCCS(=O)(=O)NCCn1ccn2nc(C)cc12. The lowest BCUT2D eigenvalue weighted by atomic mass is 10.4. The number of aromatic nitrogens is 3. The van der Waals surface area contributed by atoms with Gasteiger partial charge >= 0.3 is 0 Å². The molecule has 7 heteroatoms. The van der Waals surface area contributed by atoms with Crippen molar-refractivity contribution in [3.8, 4) is 0 Å². The van der Waals surface area contributed by atoms with E-state index in [0.29, 0.717) is 19.5 Å². The molecule has 0 radical (unpaired) electrons. The van der Waals surface area contributed by atoms with Crippen molar-refractivity contribution >= 4 is 15.7 Å². The van der Waals surface area contributed by atoms with E-state index in [2.05, 4.69) is 9.82 Å². The minimum absolute atomic E-state index is 0.205. The third-order valence-electron chi connectivity index (χ3n) is 2.96. The van der Waals surface area contributed by atoms with Crippen molar-refractivity contribution in [2.45, 2.75) is 33.2 Å². The summed E-state index contributed by atoms with van der Waals surface area (Å²) in [5.41, 5.74) is 1.93. The first kappa shape index (κ1) is 14.1. The second-order valence-electron chi connectivity index (χ2n) is 4.65. The normalized spacial score (nSPS) is 12.3. The molecular weight excluding hydrogens is 264 g/mol. The van der Waals surface area contributed by atoms with Crippen molar-refractivity contribution < 1.29 is 8.42 Å². The number of rotatable bonds is 7. The fraction of sp³-hybridized carbons (Fsp3) is 0.583. The Kier molecular flexibility index (Phi) is 4.26. The van der Waals surface area contributed by atoms with Crippen LogP contribution in [0.2, 0.25) is 0 Å². The lowest BCUT2D eigenvalue weighted by molar-refractivity contribution is 0.571. The molecule has 0 saturated heterocycles. The lowest BCUT2D eigenvalue weighted by Gasteiger charge is -2.07. The monoisotopic (exact) mass is 284 g/mol. The van der Waals surface area contributed by atoms with Crippen molar-refractivity contribution in [3.63, 3.8) is 0 Å². The maximum Gasteiger partial charge on any atom is 0.211 e. The third kappa shape index (κ3) is 3.57. The van der Waals surface area contributed by atoms with Gasteiger partial charge in [-0.05, 0) is 13.3 Å². The molecule has 2 heterocycles. The predicted octanol–water partition coefficient (Wildman–Crippen LogP) is 1.16. The minimum atomic E-state index is -3.13. The zero-order valence-electron chi connectivity index (χ0n) is 11.3. The Labute approximate surface area is 113 Å². The molecule has 0 amide bonds. The summed E-state index contributed by atoms with van der Waals surface area (Å²) in [6.45, 7) is 4.92. The van der Waals surface area contributed by atoms with Crippen LogP contribution in [0.1, 0.15) is 25.5 Å². The van der Waals surface area contributed by atoms with Crippen LogP contribution < -0.4 is 4.72 Å². The maximum absolute atomic E-state index is 11.6. The molecule has 0 aliphatic heterocycles. The summed E-state index contributed by atoms with van der Waals surface area (Å²) in [4.78, 5) is 0. The first-order valence-electron chi connectivity index (χ1n) is 6.50. The van der Waals surface area contributed by atoms with E-state index in [4.69, 9.17) is 0 Å². The van der Waals surface area contributed by atoms with Crippen LogP contribution in [0, 0.1) is 6.92 Å². The van der Waals surface area contributed by atoms with E-state index >= 15 is 0 Å². The van der Waals surface area contributed by atoms with Gasteiger partial charge in [0.15, 0.2) is 0 Å². The molecule has 0 spiro atoms. The highest BCUT2D eigenvalue weighted by molar-refractivity contribution is 7.89. The summed E-state index contributed by atoms with van der Waals surface area (Å²) in [5.74, 6) is 0.205. The van der Waals surface area contributed by atoms with Crippen LogP contribution >= 0.6 is 0 Å². The van der Waals surface area contributed by atoms with Crippen LogP contribution in [0.15, 0.2) is 18.5 Å². The van der Waals surface area contributed by atoms with Gasteiger partial charge in [-0.15, -0.1) is 0 Å². The van der Waals surface area contributed by atoms with Crippen molar-refractivity contribution in [2.24, 2.45) is 0 Å². The van der Waals surface area contributed by atoms with Gasteiger partial charge in [0.25, 0.3) is 0 Å². The predicted molar refractivity (Wildman–Crippen MR) is 74.6 cm³/mol. The van der Waals surface area contributed by atoms with E-state index in [1.165, 1.54) is 0 Å². The average Bonchev–Trinajstić information content (AvgIpc) is 2.87. The molecule has 2 aromatic rings. The van der Waals surface area contributed by atoms with Crippen LogP contribution in [0.4, 0.5) is 0 Å². The first-order chi connectivity index (χ1) is 9.02. The van der Waals surface area contributed by atoms with Crippen molar-refractivity contribution in [3.05, 3.63) is 24.2 Å². The Bertz CT molecular complexity index is 642. The third-order valence-corrected chi connectivity index (χ3v) is 4.43. The molecule has 2 rings (SSSR count). The molecule has 0 bridgehead atoms. The summed E-state index contributed by atoms with van der Waals surface area (Å²) in [6.07, 6.45) is 5.36. The number of unbranched alkanes of at least 4 members (excludes halogenated alkanes) is 1. The van der Waals surface area contributed by atoms with Gasteiger partial charge in [0, 0.05) is 31.5 Å². The number of sulfonamides is 1.